The van der Waals surface area contributed by atoms with Crippen LogP contribution >= 0.6 is 11.3 Å². The van der Waals surface area contributed by atoms with Gasteiger partial charge in [0.2, 0.25) is 0 Å². The number of carbonyl (C=O) groups is 1. The molecule has 2 heterocycles. The largest absolute Gasteiger partial charge is 0.313 e. The lowest BCUT2D eigenvalue weighted by Gasteiger charge is -2.23. The first kappa shape index (κ1) is 11.8. The fraction of sp³-hybridized carbons (Fsp3) is 0.583. The second-order valence-corrected chi connectivity index (χ2v) is 5.13. The van der Waals surface area contributed by atoms with Crippen molar-refractivity contribution in [3.05, 3.63) is 22.4 Å². The van der Waals surface area contributed by atoms with Crippen LogP contribution in [0.15, 0.2) is 17.5 Å². The summed E-state index contributed by atoms with van der Waals surface area (Å²) in [6.45, 7) is 2.47. The van der Waals surface area contributed by atoms with Crippen LogP contribution in [0.5, 0.6) is 0 Å². The highest BCUT2D eigenvalue weighted by Gasteiger charge is 2.12. The molecule has 0 radical (unpaired) electrons. The minimum absolute atomic E-state index is 0.200. The molecule has 3 nitrogen and oxygen atoms in total. The van der Waals surface area contributed by atoms with Gasteiger partial charge in [0.25, 0.3) is 0 Å². The van der Waals surface area contributed by atoms with Crippen LogP contribution in [-0.4, -0.2) is 31.5 Å². The molecule has 1 aliphatic heterocycles. The molecule has 1 fully saturated rings. The predicted molar refractivity (Wildman–Crippen MR) is 67.2 cm³/mol. The Labute approximate surface area is 100 Å². The molecule has 1 atom stereocenters. The van der Waals surface area contributed by atoms with E-state index in [1.54, 1.807) is 0 Å². The minimum atomic E-state index is 0.200. The number of hydrogen-bond donors (Lipinski definition) is 2. The van der Waals surface area contributed by atoms with E-state index in [2.05, 4.69) is 10.6 Å². The van der Waals surface area contributed by atoms with Crippen molar-refractivity contribution in [1.29, 1.82) is 0 Å². The normalized spacial score (nSPS) is 20.9. The van der Waals surface area contributed by atoms with Crippen LogP contribution in [0.4, 0.5) is 0 Å². The van der Waals surface area contributed by atoms with Crippen LogP contribution in [0.3, 0.4) is 0 Å². The van der Waals surface area contributed by atoms with E-state index in [1.807, 2.05) is 17.5 Å². The Bertz CT molecular complexity index is 318. The van der Waals surface area contributed by atoms with E-state index < -0.39 is 0 Å². The third-order valence-corrected chi connectivity index (χ3v) is 3.80. The monoisotopic (exact) mass is 238 g/mol. The molecule has 1 aromatic rings. The quantitative estimate of drug-likeness (QED) is 0.767. The summed E-state index contributed by atoms with van der Waals surface area (Å²) in [7, 11) is 0. The van der Waals surface area contributed by atoms with Crippen LogP contribution < -0.4 is 10.6 Å². The van der Waals surface area contributed by atoms with E-state index in [0.717, 1.165) is 18.0 Å². The summed E-state index contributed by atoms with van der Waals surface area (Å²) in [6, 6.07) is 4.35. The van der Waals surface area contributed by atoms with Gasteiger partial charge in [0.15, 0.2) is 5.78 Å². The molecule has 0 amide bonds. The topological polar surface area (TPSA) is 41.1 Å². The van der Waals surface area contributed by atoms with E-state index >= 15 is 0 Å². The molecule has 1 aromatic heterocycles. The third-order valence-electron chi connectivity index (χ3n) is 2.88. The zero-order valence-electron chi connectivity index (χ0n) is 9.37. The lowest BCUT2D eigenvalue weighted by atomic mass is 10.1. The Hall–Kier alpha value is -0.710. The van der Waals surface area contributed by atoms with Crippen molar-refractivity contribution in [1.82, 2.24) is 10.6 Å². The SMILES string of the molecule is O=C(CNC[C@H]1CCCCN1)c1cccs1. The highest BCUT2D eigenvalue weighted by molar-refractivity contribution is 7.12. The first-order valence-electron chi connectivity index (χ1n) is 5.87. The van der Waals surface area contributed by atoms with E-state index in [4.69, 9.17) is 0 Å². The van der Waals surface area contributed by atoms with Gasteiger partial charge >= 0.3 is 0 Å². The summed E-state index contributed by atoms with van der Waals surface area (Å²) >= 11 is 1.51. The first-order valence-corrected chi connectivity index (χ1v) is 6.75. The Morgan fingerprint density at radius 3 is 3.19 bits per heavy atom. The summed E-state index contributed by atoms with van der Waals surface area (Å²) in [5.74, 6) is 0.200. The van der Waals surface area contributed by atoms with E-state index in [9.17, 15) is 4.79 Å². The van der Waals surface area contributed by atoms with Crippen molar-refractivity contribution in [3.63, 3.8) is 0 Å². The lowest BCUT2D eigenvalue weighted by Crippen LogP contribution is -2.42. The van der Waals surface area contributed by atoms with Gasteiger partial charge in [-0.2, -0.15) is 0 Å². The Morgan fingerprint density at radius 2 is 2.50 bits per heavy atom. The molecule has 2 N–H and O–H groups in total. The molecule has 0 bridgehead atoms. The van der Waals surface area contributed by atoms with Crippen molar-refractivity contribution >= 4 is 17.1 Å². The molecular formula is C12H18N2OS. The van der Waals surface area contributed by atoms with Crippen LogP contribution in [0.25, 0.3) is 0 Å². The second kappa shape index (κ2) is 6.13. The van der Waals surface area contributed by atoms with Gasteiger partial charge < -0.3 is 10.6 Å². The van der Waals surface area contributed by atoms with Crippen molar-refractivity contribution in [2.75, 3.05) is 19.6 Å². The number of nitrogens with one attached hydrogen (secondary N) is 2. The number of ketones is 1. The molecule has 4 heteroatoms. The van der Waals surface area contributed by atoms with Gasteiger partial charge in [0.05, 0.1) is 11.4 Å². The highest BCUT2D eigenvalue weighted by Crippen LogP contribution is 2.09. The van der Waals surface area contributed by atoms with Gasteiger partial charge in [-0.25, -0.2) is 0 Å². The molecule has 0 spiro atoms. The maximum absolute atomic E-state index is 11.7. The fourth-order valence-electron chi connectivity index (χ4n) is 1.98. The van der Waals surface area contributed by atoms with E-state index in [1.165, 1.54) is 30.6 Å². The number of piperidine rings is 1. The van der Waals surface area contributed by atoms with Crippen LogP contribution in [0.2, 0.25) is 0 Å². The molecule has 0 unspecified atom stereocenters. The molecule has 1 aliphatic rings. The van der Waals surface area contributed by atoms with E-state index in [-0.39, 0.29) is 5.78 Å². The molecule has 0 aromatic carbocycles. The fourth-order valence-corrected chi connectivity index (χ4v) is 2.65. The highest BCUT2D eigenvalue weighted by atomic mass is 32.1. The Morgan fingerprint density at radius 1 is 1.56 bits per heavy atom. The average Bonchev–Trinajstić information content (AvgIpc) is 2.84. The first-order chi connectivity index (χ1) is 7.86. The van der Waals surface area contributed by atoms with Gasteiger partial charge in [-0.1, -0.05) is 12.5 Å². The predicted octanol–water partition coefficient (Wildman–Crippen LogP) is 1.66. The summed E-state index contributed by atoms with van der Waals surface area (Å²) in [5.41, 5.74) is 0. The van der Waals surface area contributed by atoms with Gasteiger partial charge in [-0.15, -0.1) is 11.3 Å². The van der Waals surface area contributed by atoms with Crippen LogP contribution in [0, 0.1) is 0 Å². The number of carbonyl (C=O) groups excluding carboxylic acids is 1. The lowest BCUT2D eigenvalue weighted by molar-refractivity contribution is 0.0994. The minimum Gasteiger partial charge on any atom is -0.313 e. The summed E-state index contributed by atoms with van der Waals surface area (Å²) < 4.78 is 0. The zero-order chi connectivity index (χ0) is 11.2. The standard InChI is InChI=1S/C12H18N2OS/c15-11(12-5-3-7-16-12)9-13-8-10-4-1-2-6-14-10/h3,5,7,10,13-14H,1-2,4,6,8-9H2/t10-/m1/s1. The molecule has 16 heavy (non-hydrogen) atoms. The third kappa shape index (κ3) is 3.40. The van der Waals surface area contributed by atoms with Gasteiger partial charge in [0.1, 0.15) is 0 Å². The summed E-state index contributed by atoms with van der Waals surface area (Å²) in [5, 5.41) is 8.63. The summed E-state index contributed by atoms with van der Waals surface area (Å²) in [4.78, 5) is 12.5. The number of Topliss-reactive ketones (excluding diaryl/α,β-unsaturated/α-hetero) is 1. The summed E-state index contributed by atoms with van der Waals surface area (Å²) in [6.07, 6.45) is 3.81. The maximum Gasteiger partial charge on any atom is 0.186 e. The average molecular weight is 238 g/mol. The molecule has 0 aliphatic carbocycles. The van der Waals surface area contributed by atoms with Gasteiger partial charge in [-0.3, -0.25) is 4.79 Å². The Balaban J connectivity index is 1.66. The van der Waals surface area contributed by atoms with Crippen molar-refractivity contribution in [2.45, 2.75) is 25.3 Å². The van der Waals surface area contributed by atoms with Crippen molar-refractivity contribution < 1.29 is 4.79 Å². The van der Waals surface area contributed by atoms with Crippen LogP contribution in [-0.2, 0) is 0 Å². The molecule has 0 saturated carbocycles. The van der Waals surface area contributed by atoms with Gasteiger partial charge in [0, 0.05) is 12.6 Å². The molecule has 2 rings (SSSR count). The smallest absolute Gasteiger partial charge is 0.186 e. The van der Waals surface area contributed by atoms with Crippen molar-refractivity contribution in [2.24, 2.45) is 0 Å². The molecular weight excluding hydrogens is 220 g/mol. The zero-order valence-corrected chi connectivity index (χ0v) is 10.2. The second-order valence-electron chi connectivity index (χ2n) is 4.18. The molecule has 88 valence electrons. The number of hydrogen-bond acceptors (Lipinski definition) is 4. The maximum atomic E-state index is 11.7. The molecule has 1 saturated heterocycles. The van der Waals surface area contributed by atoms with Gasteiger partial charge in [-0.05, 0) is 30.8 Å². The number of rotatable bonds is 5. The van der Waals surface area contributed by atoms with Crippen molar-refractivity contribution in [3.8, 4) is 0 Å². The Kier molecular flexibility index (Phi) is 4.51. The van der Waals surface area contributed by atoms with Crippen LogP contribution in [0.1, 0.15) is 28.9 Å². The van der Waals surface area contributed by atoms with E-state index in [0.29, 0.717) is 12.6 Å². The number of thiophene rings is 1.